The van der Waals surface area contributed by atoms with E-state index < -0.39 is 0 Å². The van der Waals surface area contributed by atoms with Crippen molar-refractivity contribution in [2.45, 2.75) is 32.4 Å². The number of methoxy groups -OCH3 is 1. The van der Waals surface area contributed by atoms with Crippen LogP contribution in [-0.4, -0.2) is 29.2 Å². The molecule has 1 aliphatic rings. The fourth-order valence-electron chi connectivity index (χ4n) is 3.19. The summed E-state index contributed by atoms with van der Waals surface area (Å²) in [5.74, 6) is 1.35. The Kier molecular flexibility index (Phi) is 5.02. The SMILES string of the molecule is COc1ccccc1-c1cc(CN(C(=O)Nc2ccccc2C)C2CC2)no1. The van der Waals surface area contributed by atoms with E-state index in [-0.39, 0.29) is 12.1 Å². The summed E-state index contributed by atoms with van der Waals surface area (Å²) in [6.45, 7) is 2.38. The van der Waals surface area contributed by atoms with Gasteiger partial charge in [0.1, 0.15) is 11.4 Å². The molecule has 0 saturated heterocycles. The second-order valence-electron chi connectivity index (χ2n) is 6.99. The fourth-order valence-corrected chi connectivity index (χ4v) is 3.19. The zero-order valence-corrected chi connectivity index (χ0v) is 16.0. The van der Waals surface area contributed by atoms with Gasteiger partial charge in [-0.15, -0.1) is 0 Å². The van der Waals surface area contributed by atoms with Crippen LogP contribution in [0.1, 0.15) is 24.1 Å². The lowest BCUT2D eigenvalue weighted by atomic mass is 10.1. The summed E-state index contributed by atoms with van der Waals surface area (Å²) >= 11 is 0. The van der Waals surface area contributed by atoms with Crippen molar-refractivity contribution in [3.63, 3.8) is 0 Å². The molecule has 144 valence electrons. The van der Waals surface area contributed by atoms with Gasteiger partial charge in [0.15, 0.2) is 5.76 Å². The van der Waals surface area contributed by atoms with Gasteiger partial charge < -0.3 is 19.5 Å². The van der Waals surface area contributed by atoms with Crippen molar-refractivity contribution in [2.75, 3.05) is 12.4 Å². The van der Waals surface area contributed by atoms with E-state index in [9.17, 15) is 4.79 Å². The Hall–Kier alpha value is -3.28. The molecule has 1 heterocycles. The van der Waals surface area contributed by atoms with E-state index in [2.05, 4.69) is 10.5 Å². The number of amides is 2. The molecule has 0 spiro atoms. The predicted molar refractivity (Wildman–Crippen MR) is 107 cm³/mol. The topological polar surface area (TPSA) is 67.6 Å². The normalized spacial score (nSPS) is 13.2. The standard InChI is InChI=1S/C22H23N3O3/c1-15-7-3-5-9-19(15)23-22(26)25(17-11-12-17)14-16-13-21(28-24-16)18-8-4-6-10-20(18)27-2/h3-10,13,17H,11-12,14H2,1-2H3,(H,23,26). The van der Waals surface area contributed by atoms with E-state index in [4.69, 9.17) is 9.26 Å². The lowest BCUT2D eigenvalue weighted by Crippen LogP contribution is -2.36. The van der Waals surface area contributed by atoms with Crippen LogP contribution >= 0.6 is 0 Å². The predicted octanol–water partition coefficient (Wildman–Crippen LogP) is 4.86. The number of rotatable bonds is 6. The minimum atomic E-state index is -0.112. The number of hydrogen-bond donors (Lipinski definition) is 1. The molecule has 2 amide bonds. The molecular formula is C22H23N3O3. The highest BCUT2D eigenvalue weighted by molar-refractivity contribution is 5.90. The molecule has 0 radical (unpaired) electrons. The summed E-state index contributed by atoms with van der Waals surface area (Å²) in [6, 6.07) is 17.4. The van der Waals surface area contributed by atoms with Crippen molar-refractivity contribution < 1.29 is 14.1 Å². The first-order chi connectivity index (χ1) is 13.7. The summed E-state index contributed by atoms with van der Waals surface area (Å²) in [4.78, 5) is 14.7. The van der Waals surface area contributed by atoms with Gasteiger partial charge in [-0.3, -0.25) is 0 Å². The Labute approximate surface area is 164 Å². The number of aromatic nitrogens is 1. The number of urea groups is 1. The van der Waals surface area contributed by atoms with E-state index in [1.165, 1.54) is 0 Å². The molecule has 0 bridgehead atoms. The fraction of sp³-hybridized carbons (Fsp3) is 0.273. The monoisotopic (exact) mass is 377 g/mol. The second-order valence-corrected chi connectivity index (χ2v) is 6.99. The van der Waals surface area contributed by atoms with Gasteiger partial charge in [0.2, 0.25) is 0 Å². The minimum Gasteiger partial charge on any atom is -0.496 e. The van der Waals surface area contributed by atoms with Gasteiger partial charge in [0, 0.05) is 17.8 Å². The molecule has 0 atom stereocenters. The second kappa shape index (κ2) is 7.76. The van der Waals surface area contributed by atoms with Crippen LogP contribution < -0.4 is 10.1 Å². The molecule has 1 aliphatic carbocycles. The number of carbonyl (C=O) groups excluding carboxylic acids is 1. The molecule has 1 saturated carbocycles. The van der Waals surface area contributed by atoms with Gasteiger partial charge in [-0.2, -0.15) is 0 Å². The first kappa shape index (κ1) is 18.1. The number of nitrogens with one attached hydrogen (secondary N) is 1. The van der Waals surface area contributed by atoms with Crippen molar-refractivity contribution in [1.29, 1.82) is 0 Å². The Bertz CT molecular complexity index is 978. The number of ether oxygens (including phenoxy) is 1. The van der Waals surface area contributed by atoms with Gasteiger partial charge in [0.25, 0.3) is 0 Å². The number of hydrogen-bond acceptors (Lipinski definition) is 4. The van der Waals surface area contributed by atoms with Gasteiger partial charge in [0.05, 0.1) is 19.2 Å². The van der Waals surface area contributed by atoms with E-state index in [0.717, 1.165) is 35.4 Å². The van der Waals surface area contributed by atoms with Crippen LogP contribution in [0.25, 0.3) is 11.3 Å². The van der Waals surface area contributed by atoms with Gasteiger partial charge in [-0.25, -0.2) is 4.79 Å². The molecule has 4 rings (SSSR count). The minimum absolute atomic E-state index is 0.112. The van der Waals surface area contributed by atoms with Crippen molar-refractivity contribution >= 4 is 11.7 Å². The van der Waals surface area contributed by atoms with Crippen molar-refractivity contribution in [3.05, 3.63) is 65.9 Å². The Morgan fingerprint density at radius 1 is 1.21 bits per heavy atom. The molecule has 1 aromatic heterocycles. The maximum absolute atomic E-state index is 12.9. The van der Waals surface area contributed by atoms with Gasteiger partial charge in [-0.05, 0) is 43.5 Å². The summed E-state index contributed by atoms with van der Waals surface area (Å²) in [5, 5.41) is 7.19. The van der Waals surface area contributed by atoms with Crippen molar-refractivity contribution in [3.8, 4) is 17.1 Å². The average Bonchev–Trinajstić information content (AvgIpc) is 3.45. The molecule has 1 fully saturated rings. The highest BCUT2D eigenvalue weighted by Gasteiger charge is 2.33. The maximum atomic E-state index is 12.9. The van der Waals surface area contributed by atoms with Crippen LogP contribution in [0.5, 0.6) is 5.75 Å². The van der Waals surface area contributed by atoms with Gasteiger partial charge >= 0.3 is 6.03 Å². The Morgan fingerprint density at radius 2 is 1.96 bits per heavy atom. The summed E-state index contributed by atoms with van der Waals surface area (Å²) in [7, 11) is 1.63. The average molecular weight is 377 g/mol. The molecule has 6 heteroatoms. The number of aryl methyl sites for hydroxylation is 1. The molecule has 2 aromatic carbocycles. The summed E-state index contributed by atoms with van der Waals surface area (Å²) in [6.07, 6.45) is 2.02. The largest absolute Gasteiger partial charge is 0.496 e. The summed E-state index contributed by atoms with van der Waals surface area (Å²) in [5.41, 5.74) is 3.42. The van der Waals surface area contributed by atoms with E-state index >= 15 is 0 Å². The number of para-hydroxylation sites is 2. The van der Waals surface area contributed by atoms with Crippen LogP contribution in [0, 0.1) is 6.92 Å². The number of carbonyl (C=O) groups is 1. The quantitative estimate of drug-likeness (QED) is 0.666. The van der Waals surface area contributed by atoms with Crippen LogP contribution in [0.2, 0.25) is 0 Å². The Morgan fingerprint density at radius 3 is 2.71 bits per heavy atom. The van der Waals surface area contributed by atoms with Crippen LogP contribution in [0.3, 0.4) is 0 Å². The molecule has 0 aliphatic heterocycles. The number of benzene rings is 2. The van der Waals surface area contributed by atoms with Gasteiger partial charge in [-0.1, -0.05) is 35.5 Å². The lowest BCUT2D eigenvalue weighted by Gasteiger charge is -2.22. The molecular weight excluding hydrogens is 354 g/mol. The van der Waals surface area contributed by atoms with Crippen molar-refractivity contribution in [1.82, 2.24) is 10.1 Å². The first-order valence-electron chi connectivity index (χ1n) is 9.38. The highest BCUT2D eigenvalue weighted by atomic mass is 16.5. The van der Waals surface area contributed by atoms with E-state index in [0.29, 0.717) is 18.0 Å². The molecule has 3 aromatic rings. The van der Waals surface area contributed by atoms with E-state index in [1.54, 1.807) is 7.11 Å². The third kappa shape index (κ3) is 3.86. The first-order valence-corrected chi connectivity index (χ1v) is 9.38. The highest BCUT2D eigenvalue weighted by Crippen LogP contribution is 2.32. The lowest BCUT2D eigenvalue weighted by molar-refractivity contribution is 0.204. The van der Waals surface area contributed by atoms with Crippen LogP contribution in [-0.2, 0) is 6.54 Å². The van der Waals surface area contributed by atoms with Crippen LogP contribution in [0.15, 0.2) is 59.1 Å². The third-order valence-corrected chi connectivity index (χ3v) is 4.90. The molecule has 1 N–H and O–H groups in total. The Balaban J connectivity index is 1.51. The van der Waals surface area contributed by atoms with Crippen LogP contribution in [0.4, 0.5) is 10.5 Å². The van der Waals surface area contributed by atoms with Crippen molar-refractivity contribution in [2.24, 2.45) is 0 Å². The number of nitrogens with zero attached hydrogens (tertiary/aromatic N) is 2. The maximum Gasteiger partial charge on any atom is 0.322 e. The molecule has 0 unspecified atom stereocenters. The van der Waals surface area contributed by atoms with E-state index in [1.807, 2.05) is 66.4 Å². The smallest absolute Gasteiger partial charge is 0.322 e. The third-order valence-electron chi connectivity index (χ3n) is 4.90. The molecule has 28 heavy (non-hydrogen) atoms. The zero-order chi connectivity index (χ0) is 19.5. The zero-order valence-electron chi connectivity index (χ0n) is 16.0. The number of anilines is 1. The molecule has 6 nitrogen and oxygen atoms in total. The summed E-state index contributed by atoms with van der Waals surface area (Å²) < 4.78 is 10.9.